The summed E-state index contributed by atoms with van der Waals surface area (Å²) >= 11 is 0. The van der Waals surface area contributed by atoms with Gasteiger partial charge in [-0.3, -0.25) is 4.90 Å². The quantitative estimate of drug-likeness (QED) is 0.781. The fourth-order valence-electron chi connectivity index (χ4n) is 3.28. The van der Waals surface area contributed by atoms with Gasteiger partial charge in [0.05, 0.1) is 0 Å². The van der Waals surface area contributed by atoms with Crippen molar-refractivity contribution in [2.24, 2.45) is 11.7 Å². The number of nitrogens with two attached hydrogens (primary N) is 1. The number of nitrogens with zero attached hydrogens (tertiary/aromatic N) is 1. The molecule has 0 bridgehead atoms. The smallest absolute Gasteiger partial charge is 0.0306 e. The SMILES string of the molecule is CCC1CCCCCN1C(C)(CN)CCC(C)C. The van der Waals surface area contributed by atoms with Gasteiger partial charge in [0.2, 0.25) is 0 Å². The van der Waals surface area contributed by atoms with Gasteiger partial charge in [-0.05, 0) is 51.5 Å². The molecule has 1 aliphatic heterocycles. The molecule has 1 heterocycles. The molecular formula is C16H34N2. The Balaban J connectivity index is 2.74. The van der Waals surface area contributed by atoms with Gasteiger partial charge in [-0.1, -0.05) is 33.6 Å². The van der Waals surface area contributed by atoms with Crippen molar-refractivity contribution in [1.29, 1.82) is 0 Å². The van der Waals surface area contributed by atoms with Crippen LogP contribution in [0.3, 0.4) is 0 Å². The monoisotopic (exact) mass is 254 g/mol. The first-order valence-corrected chi connectivity index (χ1v) is 8.00. The predicted molar refractivity (Wildman–Crippen MR) is 80.8 cm³/mol. The summed E-state index contributed by atoms with van der Waals surface area (Å²) in [6, 6.07) is 0.758. The zero-order chi connectivity index (χ0) is 13.6. The van der Waals surface area contributed by atoms with Crippen LogP contribution >= 0.6 is 0 Å². The Morgan fingerprint density at radius 3 is 2.56 bits per heavy atom. The summed E-state index contributed by atoms with van der Waals surface area (Å²) in [5.41, 5.74) is 6.37. The molecule has 0 aromatic carbocycles. The lowest BCUT2D eigenvalue weighted by atomic mass is 9.88. The third kappa shape index (κ3) is 4.24. The van der Waals surface area contributed by atoms with Crippen LogP contribution in [0.25, 0.3) is 0 Å². The minimum Gasteiger partial charge on any atom is -0.329 e. The molecule has 0 aromatic rings. The third-order valence-corrected chi connectivity index (χ3v) is 4.74. The maximum Gasteiger partial charge on any atom is 0.0306 e. The molecule has 1 aliphatic rings. The maximum atomic E-state index is 6.15. The Labute approximate surface area is 114 Å². The highest BCUT2D eigenvalue weighted by Crippen LogP contribution is 2.30. The molecule has 0 aromatic heterocycles. The van der Waals surface area contributed by atoms with Crippen molar-refractivity contribution in [1.82, 2.24) is 4.90 Å². The van der Waals surface area contributed by atoms with Crippen LogP contribution in [0.2, 0.25) is 0 Å². The van der Waals surface area contributed by atoms with Gasteiger partial charge in [-0.15, -0.1) is 0 Å². The van der Waals surface area contributed by atoms with Gasteiger partial charge in [0.25, 0.3) is 0 Å². The molecule has 0 amide bonds. The summed E-state index contributed by atoms with van der Waals surface area (Å²) in [7, 11) is 0. The molecule has 2 nitrogen and oxygen atoms in total. The van der Waals surface area contributed by atoms with E-state index in [1.165, 1.54) is 51.5 Å². The fraction of sp³-hybridized carbons (Fsp3) is 1.00. The third-order valence-electron chi connectivity index (χ3n) is 4.74. The van der Waals surface area contributed by atoms with E-state index in [1.807, 2.05) is 0 Å². The van der Waals surface area contributed by atoms with Crippen molar-refractivity contribution in [2.45, 2.75) is 84.2 Å². The second kappa shape index (κ2) is 7.49. The van der Waals surface area contributed by atoms with Crippen LogP contribution in [0, 0.1) is 5.92 Å². The highest BCUT2D eigenvalue weighted by atomic mass is 15.2. The van der Waals surface area contributed by atoms with Crippen molar-refractivity contribution in [3.05, 3.63) is 0 Å². The highest BCUT2D eigenvalue weighted by molar-refractivity contribution is 4.92. The first-order valence-electron chi connectivity index (χ1n) is 8.00. The van der Waals surface area contributed by atoms with Gasteiger partial charge in [-0.2, -0.15) is 0 Å². The molecule has 0 aliphatic carbocycles. The summed E-state index contributed by atoms with van der Waals surface area (Å²) in [6.07, 6.45) is 9.34. The van der Waals surface area contributed by atoms with Gasteiger partial charge in [-0.25, -0.2) is 0 Å². The largest absolute Gasteiger partial charge is 0.329 e. The fourth-order valence-corrected chi connectivity index (χ4v) is 3.28. The molecule has 1 rings (SSSR count). The van der Waals surface area contributed by atoms with Crippen molar-refractivity contribution in [3.8, 4) is 0 Å². The second-order valence-corrected chi connectivity index (χ2v) is 6.74. The lowest BCUT2D eigenvalue weighted by molar-refractivity contribution is 0.0501. The molecule has 108 valence electrons. The zero-order valence-corrected chi connectivity index (χ0v) is 13.0. The van der Waals surface area contributed by atoms with E-state index in [9.17, 15) is 0 Å². The predicted octanol–water partition coefficient (Wildman–Crippen LogP) is 3.79. The Bertz CT molecular complexity index is 227. The first-order chi connectivity index (χ1) is 8.53. The molecular weight excluding hydrogens is 220 g/mol. The molecule has 18 heavy (non-hydrogen) atoms. The van der Waals surface area contributed by atoms with Crippen LogP contribution in [0.15, 0.2) is 0 Å². The van der Waals surface area contributed by atoms with Crippen LogP contribution in [0.4, 0.5) is 0 Å². The zero-order valence-electron chi connectivity index (χ0n) is 13.0. The van der Waals surface area contributed by atoms with E-state index in [1.54, 1.807) is 0 Å². The standard InChI is InChI=1S/C16H34N2/c1-5-15-9-7-6-8-12-18(15)16(4,13-17)11-10-14(2)3/h14-15H,5-13,17H2,1-4H3. The Kier molecular flexibility index (Phi) is 6.65. The van der Waals surface area contributed by atoms with Crippen LogP contribution in [-0.2, 0) is 0 Å². The van der Waals surface area contributed by atoms with Crippen molar-refractivity contribution >= 4 is 0 Å². The maximum absolute atomic E-state index is 6.15. The summed E-state index contributed by atoms with van der Waals surface area (Å²) in [6.45, 7) is 11.4. The normalized spacial score (nSPS) is 26.0. The summed E-state index contributed by atoms with van der Waals surface area (Å²) in [5.74, 6) is 0.780. The van der Waals surface area contributed by atoms with E-state index >= 15 is 0 Å². The molecule has 2 atom stereocenters. The van der Waals surface area contributed by atoms with Gasteiger partial charge in [0.1, 0.15) is 0 Å². The van der Waals surface area contributed by atoms with E-state index in [0.29, 0.717) is 0 Å². The van der Waals surface area contributed by atoms with Crippen LogP contribution < -0.4 is 5.73 Å². The molecule has 2 N–H and O–H groups in total. The van der Waals surface area contributed by atoms with Crippen molar-refractivity contribution in [2.75, 3.05) is 13.1 Å². The van der Waals surface area contributed by atoms with E-state index in [-0.39, 0.29) is 5.54 Å². The van der Waals surface area contributed by atoms with Gasteiger partial charge < -0.3 is 5.73 Å². The van der Waals surface area contributed by atoms with Crippen LogP contribution in [0.1, 0.15) is 72.6 Å². The summed E-state index contributed by atoms with van der Waals surface area (Å²) in [4.78, 5) is 2.75. The number of hydrogen-bond acceptors (Lipinski definition) is 2. The number of rotatable bonds is 6. The van der Waals surface area contributed by atoms with Crippen molar-refractivity contribution < 1.29 is 0 Å². The van der Waals surface area contributed by atoms with E-state index in [4.69, 9.17) is 5.73 Å². The van der Waals surface area contributed by atoms with Gasteiger partial charge in [0.15, 0.2) is 0 Å². The molecule has 2 heteroatoms. The van der Waals surface area contributed by atoms with Crippen molar-refractivity contribution in [3.63, 3.8) is 0 Å². The Hall–Kier alpha value is -0.0800. The minimum atomic E-state index is 0.218. The molecule has 2 unspecified atom stereocenters. The number of likely N-dealkylation sites (tertiary alicyclic amines) is 1. The van der Waals surface area contributed by atoms with E-state index < -0.39 is 0 Å². The van der Waals surface area contributed by atoms with Gasteiger partial charge in [0, 0.05) is 18.1 Å². The van der Waals surface area contributed by atoms with E-state index in [2.05, 4.69) is 32.6 Å². The summed E-state index contributed by atoms with van der Waals surface area (Å²) < 4.78 is 0. The van der Waals surface area contributed by atoms with Crippen LogP contribution in [0.5, 0.6) is 0 Å². The first kappa shape index (κ1) is 16.0. The molecule has 1 fully saturated rings. The average Bonchev–Trinajstić information content (AvgIpc) is 2.61. The lowest BCUT2D eigenvalue weighted by Crippen LogP contribution is -2.55. The topological polar surface area (TPSA) is 29.3 Å². The van der Waals surface area contributed by atoms with E-state index in [0.717, 1.165) is 18.5 Å². The molecule has 0 saturated carbocycles. The summed E-state index contributed by atoms with van der Waals surface area (Å²) in [5, 5.41) is 0. The minimum absolute atomic E-state index is 0.218. The molecule has 0 spiro atoms. The van der Waals surface area contributed by atoms with Gasteiger partial charge >= 0.3 is 0 Å². The second-order valence-electron chi connectivity index (χ2n) is 6.74. The Morgan fingerprint density at radius 1 is 1.28 bits per heavy atom. The molecule has 0 radical (unpaired) electrons. The highest BCUT2D eigenvalue weighted by Gasteiger charge is 2.34. The number of hydrogen-bond donors (Lipinski definition) is 1. The lowest BCUT2D eigenvalue weighted by Gasteiger charge is -2.45. The van der Waals surface area contributed by atoms with Crippen LogP contribution in [-0.4, -0.2) is 29.6 Å². The average molecular weight is 254 g/mol. The molecule has 1 saturated heterocycles. The Morgan fingerprint density at radius 2 is 2.00 bits per heavy atom.